The van der Waals surface area contributed by atoms with Crippen molar-refractivity contribution in [3.63, 3.8) is 0 Å². The first kappa shape index (κ1) is 10.1. The summed E-state index contributed by atoms with van der Waals surface area (Å²) >= 11 is 0. The number of pyridine rings is 1. The van der Waals surface area contributed by atoms with E-state index in [1.54, 1.807) is 12.4 Å². The van der Waals surface area contributed by atoms with E-state index in [1.165, 1.54) is 5.56 Å². The number of hydrogen-bond donors (Lipinski definition) is 2. The maximum atomic E-state index is 10.9. The normalized spacial score (nSPS) is 20.3. The Labute approximate surface area is 89.1 Å². The number of amides is 1. The first-order valence-electron chi connectivity index (χ1n) is 5.23. The summed E-state index contributed by atoms with van der Waals surface area (Å²) in [6.45, 7) is 1.67. The molecule has 1 unspecified atom stereocenters. The van der Waals surface area contributed by atoms with Crippen molar-refractivity contribution in [1.29, 1.82) is 0 Å². The van der Waals surface area contributed by atoms with E-state index in [1.807, 2.05) is 12.1 Å². The lowest BCUT2D eigenvalue weighted by Crippen LogP contribution is -2.35. The molecule has 15 heavy (non-hydrogen) atoms. The maximum Gasteiger partial charge on any atom is 0.220 e. The molecule has 1 fully saturated rings. The van der Waals surface area contributed by atoms with Crippen molar-refractivity contribution in [2.45, 2.75) is 25.4 Å². The van der Waals surface area contributed by atoms with Crippen LogP contribution in [0.1, 0.15) is 18.4 Å². The second kappa shape index (κ2) is 4.89. The van der Waals surface area contributed by atoms with Crippen LogP contribution in [-0.2, 0) is 11.3 Å². The molecule has 0 saturated carbocycles. The summed E-state index contributed by atoms with van der Waals surface area (Å²) < 4.78 is 0. The van der Waals surface area contributed by atoms with Crippen LogP contribution in [0.3, 0.4) is 0 Å². The van der Waals surface area contributed by atoms with Gasteiger partial charge in [-0.2, -0.15) is 0 Å². The summed E-state index contributed by atoms with van der Waals surface area (Å²) in [5.74, 6) is 0.172. The molecular weight excluding hydrogens is 190 g/mol. The van der Waals surface area contributed by atoms with Crippen LogP contribution in [0.5, 0.6) is 0 Å². The summed E-state index contributed by atoms with van der Waals surface area (Å²) in [4.78, 5) is 14.9. The molecule has 1 aromatic heterocycles. The van der Waals surface area contributed by atoms with Gasteiger partial charge in [-0.15, -0.1) is 0 Å². The van der Waals surface area contributed by atoms with E-state index in [4.69, 9.17) is 0 Å². The molecule has 2 heterocycles. The standard InChI is InChI=1S/C11H15N3O/c15-11-2-1-10(14-11)8-13-7-9-3-5-12-6-4-9/h3-6,10,13H,1-2,7-8H2,(H,14,15). The molecule has 0 radical (unpaired) electrons. The van der Waals surface area contributed by atoms with Crippen molar-refractivity contribution in [2.75, 3.05) is 6.54 Å². The first-order chi connectivity index (χ1) is 7.34. The van der Waals surface area contributed by atoms with E-state index in [0.717, 1.165) is 19.5 Å². The highest BCUT2D eigenvalue weighted by Crippen LogP contribution is 2.05. The van der Waals surface area contributed by atoms with Crippen molar-refractivity contribution in [3.05, 3.63) is 30.1 Å². The summed E-state index contributed by atoms with van der Waals surface area (Å²) in [6, 6.07) is 4.28. The van der Waals surface area contributed by atoms with E-state index >= 15 is 0 Å². The Bertz CT molecular complexity index is 326. The van der Waals surface area contributed by atoms with E-state index in [-0.39, 0.29) is 5.91 Å². The van der Waals surface area contributed by atoms with E-state index in [2.05, 4.69) is 15.6 Å². The summed E-state index contributed by atoms with van der Waals surface area (Å²) in [7, 11) is 0. The molecule has 1 atom stereocenters. The number of aromatic nitrogens is 1. The fraction of sp³-hybridized carbons (Fsp3) is 0.455. The van der Waals surface area contributed by atoms with Crippen LogP contribution in [0.2, 0.25) is 0 Å². The Hall–Kier alpha value is -1.42. The molecule has 1 aliphatic rings. The first-order valence-corrected chi connectivity index (χ1v) is 5.23. The van der Waals surface area contributed by atoms with Gasteiger partial charge in [-0.05, 0) is 24.1 Å². The zero-order valence-electron chi connectivity index (χ0n) is 8.57. The smallest absolute Gasteiger partial charge is 0.220 e. The molecule has 4 nitrogen and oxygen atoms in total. The Kier molecular flexibility index (Phi) is 3.29. The number of nitrogens with zero attached hydrogens (tertiary/aromatic N) is 1. The van der Waals surface area contributed by atoms with Crippen molar-refractivity contribution in [2.24, 2.45) is 0 Å². The molecule has 4 heteroatoms. The van der Waals surface area contributed by atoms with Gasteiger partial charge >= 0.3 is 0 Å². The van der Waals surface area contributed by atoms with Crippen LogP contribution in [-0.4, -0.2) is 23.5 Å². The predicted octanol–water partition coefficient (Wildman–Crippen LogP) is 0.450. The largest absolute Gasteiger partial charge is 0.352 e. The van der Waals surface area contributed by atoms with Crippen molar-refractivity contribution in [3.8, 4) is 0 Å². The Morgan fingerprint density at radius 1 is 1.47 bits per heavy atom. The average Bonchev–Trinajstić information content (AvgIpc) is 2.66. The van der Waals surface area contributed by atoms with Gasteiger partial charge in [0, 0.05) is 37.9 Å². The number of carbonyl (C=O) groups excluding carboxylic acids is 1. The second-order valence-corrected chi connectivity index (χ2v) is 3.79. The summed E-state index contributed by atoms with van der Waals surface area (Å²) in [5.41, 5.74) is 1.22. The van der Waals surface area contributed by atoms with Crippen LogP contribution in [0, 0.1) is 0 Å². The molecule has 0 aromatic carbocycles. The van der Waals surface area contributed by atoms with Crippen LogP contribution in [0.4, 0.5) is 0 Å². The van der Waals surface area contributed by atoms with Gasteiger partial charge in [-0.1, -0.05) is 0 Å². The quantitative estimate of drug-likeness (QED) is 0.750. The minimum atomic E-state index is 0.172. The number of carbonyl (C=O) groups is 1. The molecule has 1 amide bonds. The topological polar surface area (TPSA) is 54.0 Å². The lowest BCUT2D eigenvalue weighted by Gasteiger charge is -2.10. The van der Waals surface area contributed by atoms with E-state index in [0.29, 0.717) is 12.5 Å². The molecule has 80 valence electrons. The Morgan fingerprint density at radius 3 is 2.93 bits per heavy atom. The molecule has 1 aliphatic heterocycles. The molecule has 1 saturated heterocycles. The van der Waals surface area contributed by atoms with Crippen LogP contribution in [0.15, 0.2) is 24.5 Å². The number of hydrogen-bond acceptors (Lipinski definition) is 3. The highest BCUT2D eigenvalue weighted by molar-refractivity contribution is 5.78. The highest BCUT2D eigenvalue weighted by atomic mass is 16.1. The molecule has 0 bridgehead atoms. The van der Waals surface area contributed by atoms with E-state index < -0.39 is 0 Å². The van der Waals surface area contributed by atoms with Gasteiger partial charge in [0.1, 0.15) is 0 Å². The zero-order chi connectivity index (χ0) is 10.5. The summed E-state index contributed by atoms with van der Waals surface area (Å²) in [6.07, 6.45) is 5.19. The van der Waals surface area contributed by atoms with E-state index in [9.17, 15) is 4.79 Å². The SMILES string of the molecule is O=C1CCC(CNCc2ccncc2)N1. The van der Waals surface area contributed by atoms with Crippen LogP contribution < -0.4 is 10.6 Å². The molecule has 1 aromatic rings. The lowest BCUT2D eigenvalue weighted by atomic mass is 10.2. The number of nitrogens with one attached hydrogen (secondary N) is 2. The van der Waals surface area contributed by atoms with Gasteiger partial charge in [-0.25, -0.2) is 0 Å². The minimum absolute atomic E-state index is 0.172. The van der Waals surface area contributed by atoms with Gasteiger partial charge in [0.15, 0.2) is 0 Å². The lowest BCUT2D eigenvalue weighted by molar-refractivity contribution is -0.119. The van der Waals surface area contributed by atoms with Gasteiger partial charge in [-0.3, -0.25) is 9.78 Å². The van der Waals surface area contributed by atoms with Crippen LogP contribution >= 0.6 is 0 Å². The molecule has 0 spiro atoms. The van der Waals surface area contributed by atoms with Gasteiger partial charge in [0.25, 0.3) is 0 Å². The predicted molar refractivity (Wildman–Crippen MR) is 57.1 cm³/mol. The third kappa shape index (κ3) is 3.02. The fourth-order valence-corrected chi connectivity index (χ4v) is 1.72. The molecule has 2 rings (SSSR count). The highest BCUT2D eigenvalue weighted by Gasteiger charge is 2.19. The molecular formula is C11H15N3O. The molecule has 2 N–H and O–H groups in total. The van der Waals surface area contributed by atoms with Gasteiger partial charge < -0.3 is 10.6 Å². The summed E-state index contributed by atoms with van der Waals surface area (Å²) in [5, 5.41) is 6.25. The maximum absolute atomic E-state index is 10.9. The average molecular weight is 205 g/mol. The third-order valence-corrected chi connectivity index (χ3v) is 2.55. The Morgan fingerprint density at radius 2 is 2.27 bits per heavy atom. The fourth-order valence-electron chi connectivity index (χ4n) is 1.72. The third-order valence-electron chi connectivity index (χ3n) is 2.55. The van der Waals surface area contributed by atoms with Gasteiger partial charge in [0.05, 0.1) is 0 Å². The van der Waals surface area contributed by atoms with Crippen molar-refractivity contribution >= 4 is 5.91 Å². The van der Waals surface area contributed by atoms with Gasteiger partial charge in [0.2, 0.25) is 5.91 Å². The molecule has 0 aliphatic carbocycles. The minimum Gasteiger partial charge on any atom is -0.352 e. The zero-order valence-corrected chi connectivity index (χ0v) is 8.57. The number of rotatable bonds is 4. The van der Waals surface area contributed by atoms with Crippen molar-refractivity contribution in [1.82, 2.24) is 15.6 Å². The Balaban J connectivity index is 1.69. The van der Waals surface area contributed by atoms with Crippen LogP contribution in [0.25, 0.3) is 0 Å². The second-order valence-electron chi connectivity index (χ2n) is 3.79. The van der Waals surface area contributed by atoms with Crippen molar-refractivity contribution < 1.29 is 4.79 Å². The monoisotopic (exact) mass is 205 g/mol.